The monoisotopic (exact) mass is 468 g/mol. The van der Waals surface area contributed by atoms with Crippen LogP contribution in [0, 0.1) is 0 Å². The third-order valence-corrected chi connectivity index (χ3v) is 6.85. The van der Waals surface area contributed by atoms with Crippen LogP contribution in [-0.4, -0.2) is 29.5 Å². The fourth-order valence-electron chi connectivity index (χ4n) is 4.10. The predicted octanol–water partition coefficient (Wildman–Crippen LogP) is 2.70. The van der Waals surface area contributed by atoms with E-state index in [0.717, 1.165) is 47.4 Å². The summed E-state index contributed by atoms with van der Waals surface area (Å²) in [5, 5.41) is 3.24. The molecule has 10 heteroatoms. The van der Waals surface area contributed by atoms with Crippen LogP contribution in [0.3, 0.4) is 0 Å². The number of hydrogen-bond acceptors (Lipinski definition) is 6. The first kappa shape index (κ1) is 22.7. The number of amides is 5. The highest BCUT2D eigenvalue weighted by Crippen LogP contribution is 2.38. The number of nitrogens with zero attached hydrogens (tertiary/aromatic N) is 1. The van der Waals surface area contributed by atoms with Crippen LogP contribution < -0.4 is 21.1 Å². The van der Waals surface area contributed by atoms with Crippen molar-refractivity contribution in [2.45, 2.75) is 51.9 Å². The zero-order chi connectivity index (χ0) is 23.5. The van der Waals surface area contributed by atoms with Crippen LogP contribution >= 0.6 is 11.3 Å². The highest BCUT2D eigenvalue weighted by Gasteiger charge is 2.31. The second-order valence-electron chi connectivity index (χ2n) is 8.03. The summed E-state index contributed by atoms with van der Waals surface area (Å²) in [7, 11) is 0. The van der Waals surface area contributed by atoms with Crippen LogP contribution in [0.2, 0.25) is 0 Å². The first-order valence-corrected chi connectivity index (χ1v) is 11.7. The van der Waals surface area contributed by atoms with Gasteiger partial charge in [-0.3, -0.25) is 39.7 Å². The Morgan fingerprint density at radius 2 is 1.64 bits per heavy atom. The molecule has 1 aromatic heterocycles. The van der Waals surface area contributed by atoms with Gasteiger partial charge in [0, 0.05) is 30.2 Å². The summed E-state index contributed by atoms with van der Waals surface area (Å²) in [4.78, 5) is 63.5. The molecule has 1 aliphatic carbocycles. The highest BCUT2D eigenvalue weighted by atomic mass is 32.1. The van der Waals surface area contributed by atoms with E-state index in [2.05, 4.69) is 16.2 Å². The lowest BCUT2D eigenvalue weighted by Crippen LogP contribution is -2.40. The zero-order valence-corrected chi connectivity index (χ0v) is 19.0. The van der Waals surface area contributed by atoms with Crippen LogP contribution in [0.25, 0.3) is 0 Å². The van der Waals surface area contributed by atoms with Crippen molar-refractivity contribution in [3.05, 3.63) is 45.8 Å². The topological polar surface area (TPSA) is 125 Å². The molecule has 0 atom stereocenters. The van der Waals surface area contributed by atoms with Gasteiger partial charge in [0.15, 0.2) is 0 Å². The van der Waals surface area contributed by atoms with Crippen molar-refractivity contribution in [1.82, 2.24) is 10.9 Å². The Kier molecular flexibility index (Phi) is 6.55. The van der Waals surface area contributed by atoms with E-state index in [0.29, 0.717) is 16.3 Å². The minimum Gasteiger partial charge on any atom is -0.313 e. The number of carbonyl (C=O) groups excluding carboxylic acids is 5. The second kappa shape index (κ2) is 9.53. The Labute approximate surface area is 194 Å². The summed E-state index contributed by atoms with van der Waals surface area (Å²) in [5.41, 5.74) is 6.57. The molecule has 2 aliphatic rings. The first-order valence-electron chi connectivity index (χ1n) is 10.8. The summed E-state index contributed by atoms with van der Waals surface area (Å²) >= 11 is 1.37. The first-order chi connectivity index (χ1) is 15.8. The Bertz CT molecular complexity index is 1140. The number of fused-ring (bicyclic) bond motifs is 1. The molecular weight excluding hydrogens is 444 g/mol. The van der Waals surface area contributed by atoms with E-state index >= 15 is 0 Å². The summed E-state index contributed by atoms with van der Waals surface area (Å²) in [6.07, 6.45) is 4.87. The molecule has 2 aromatic rings. The lowest BCUT2D eigenvalue weighted by Gasteiger charge is -2.15. The molecule has 2 heterocycles. The molecule has 1 aliphatic heterocycles. The van der Waals surface area contributed by atoms with Gasteiger partial charge in [0.1, 0.15) is 5.00 Å². The molecule has 0 bridgehead atoms. The van der Waals surface area contributed by atoms with Crippen molar-refractivity contribution in [2.24, 2.45) is 0 Å². The molecule has 0 radical (unpaired) electrons. The van der Waals surface area contributed by atoms with Gasteiger partial charge in [-0.1, -0.05) is 12.5 Å². The quantitative estimate of drug-likeness (QED) is 0.362. The number of anilines is 2. The third kappa shape index (κ3) is 4.80. The van der Waals surface area contributed by atoms with Crippen molar-refractivity contribution in [3.63, 3.8) is 0 Å². The lowest BCUT2D eigenvalue weighted by molar-refractivity contribution is -0.121. The van der Waals surface area contributed by atoms with Gasteiger partial charge < -0.3 is 5.32 Å². The van der Waals surface area contributed by atoms with Gasteiger partial charge in [-0.15, -0.1) is 11.3 Å². The van der Waals surface area contributed by atoms with Crippen molar-refractivity contribution in [2.75, 3.05) is 10.2 Å². The van der Waals surface area contributed by atoms with Crippen LogP contribution in [0.1, 0.15) is 70.2 Å². The molecule has 0 saturated carbocycles. The summed E-state index contributed by atoms with van der Waals surface area (Å²) < 4.78 is 0. The Hall–Kier alpha value is -3.53. The van der Waals surface area contributed by atoms with Gasteiger partial charge in [-0.2, -0.15) is 0 Å². The SMILES string of the molecule is CC(=O)NNC(=O)c1c(NC(=O)c2cccc(N3C(=O)CCC3=O)c2)sc2c1CCCCC2. The summed E-state index contributed by atoms with van der Waals surface area (Å²) in [6, 6.07) is 6.29. The standard InChI is InChI=1S/C23H24N4O5S/c1-13(28)25-26-22(32)20-16-8-3-2-4-9-17(16)33-23(20)24-21(31)14-6-5-7-15(12-14)27-18(29)10-11-19(27)30/h5-7,12H,2-4,8-11H2,1H3,(H,24,31)(H,25,28)(H,26,32). The van der Waals surface area contributed by atoms with Crippen molar-refractivity contribution >= 4 is 51.6 Å². The Morgan fingerprint density at radius 1 is 0.909 bits per heavy atom. The van der Waals surface area contributed by atoms with Crippen molar-refractivity contribution < 1.29 is 24.0 Å². The summed E-state index contributed by atoms with van der Waals surface area (Å²) in [5.74, 6) is -1.94. The normalized spacial score (nSPS) is 15.6. The van der Waals surface area contributed by atoms with Gasteiger partial charge in [0.25, 0.3) is 11.8 Å². The van der Waals surface area contributed by atoms with E-state index in [9.17, 15) is 24.0 Å². The molecular formula is C23H24N4O5S. The van der Waals surface area contributed by atoms with Crippen LogP contribution in [0.15, 0.2) is 24.3 Å². The molecule has 5 amide bonds. The number of hydrogen-bond donors (Lipinski definition) is 3. The molecule has 4 rings (SSSR count). The number of rotatable bonds is 4. The van der Waals surface area contributed by atoms with Gasteiger partial charge in [-0.25, -0.2) is 0 Å². The van der Waals surface area contributed by atoms with Gasteiger partial charge >= 0.3 is 0 Å². The number of nitrogens with one attached hydrogen (secondary N) is 3. The fourth-order valence-corrected chi connectivity index (χ4v) is 5.39. The Balaban J connectivity index is 1.62. The average molecular weight is 469 g/mol. The molecule has 9 nitrogen and oxygen atoms in total. The van der Waals surface area contributed by atoms with E-state index in [1.54, 1.807) is 18.2 Å². The van der Waals surface area contributed by atoms with Crippen LogP contribution in [0.5, 0.6) is 0 Å². The van der Waals surface area contributed by atoms with E-state index in [4.69, 9.17) is 0 Å². The average Bonchev–Trinajstić information content (AvgIpc) is 3.20. The minimum absolute atomic E-state index is 0.156. The second-order valence-corrected chi connectivity index (χ2v) is 9.14. The van der Waals surface area contributed by atoms with Crippen LogP contribution in [-0.2, 0) is 27.2 Å². The number of aryl methyl sites for hydroxylation is 1. The molecule has 33 heavy (non-hydrogen) atoms. The number of benzene rings is 1. The highest BCUT2D eigenvalue weighted by molar-refractivity contribution is 7.17. The molecule has 3 N–H and O–H groups in total. The lowest BCUT2D eigenvalue weighted by atomic mass is 10.0. The van der Waals surface area contributed by atoms with Crippen molar-refractivity contribution in [3.8, 4) is 0 Å². The molecule has 1 fully saturated rings. The number of carbonyl (C=O) groups is 5. The minimum atomic E-state index is -0.484. The van der Waals surface area contributed by atoms with Gasteiger partial charge in [0.2, 0.25) is 17.7 Å². The van der Waals surface area contributed by atoms with Crippen molar-refractivity contribution in [1.29, 1.82) is 0 Å². The summed E-state index contributed by atoms with van der Waals surface area (Å²) in [6.45, 7) is 1.29. The number of thiophene rings is 1. The third-order valence-electron chi connectivity index (χ3n) is 5.65. The van der Waals surface area contributed by atoms with E-state index in [1.165, 1.54) is 24.3 Å². The molecule has 1 saturated heterocycles. The smallest absolute Gasteiger partial charge is 0.272 e. The number of imide groups is 1. The maximum atomic E-state index is 13.1. The Morgan fingerprint density at radius 3 is 2.36 bits per heavy atom. The maximum absolute atomic E-state index is 13.1. The maximum Gasteiger partial charge on any atom is 0.272 e. The predicted molar refractivity (Wildman–Crippen MR) is 123 cm³/mol. The number of hydrazine groups is 1. The van der Waals surface area contributed by atoms with E-state index < -0.39 is 17.7 Å². The molecule has 0 unspecified atom stereocenters. The van der Waals surface area contributed by atoms with E-state index in [-0.39, 0.29) is 30.2 Å². The zero-order valence-electron chi connectivity index (χ0n) is 18.2. The fraction of sp³-hybridized carbons (Fsp3) is 0.348. The largest absolute Gasteiger partial charge is 0.313 e. The molecule has 1 aromatic carbocycles. The van der Waals surface area contributed by atoms with E-state index in [1.807, 2.05) is 0 Å². The molecule has 0 spiro atoms. The van der Waals surface area contributed by atoms with Crippen LogP contribution in [0.4, 0.5) is 10.7 Å². The molecule has 172 valence electrons. The van der Waals surface area contributed by atoms with Gasteiger partial charge in [0.05, 0.1) is 11.3 Å². The van der Waals surface area contributed by atoms with Gasteiger partial charge in [-0.05, 0) is 49.4 Å².